The van der Waals surface area contributed by atoms with Gasteiger partial charge in [-0.3, -0.25) is 4.79 Å². The molecule has 0 spiro atoms. The maximum absolute atomic E-state index is 11.8. The Kier molecular flexibility index (Phi) is 4.46. The Labute approximate surface area is 128 Å². The Hall–Kier alpha value is -2.66. The van der Waals surface area contributed by atoms with Crippen LogP contribution in [-0.2, 0) is 22.7 Å². The van der Waals surface area contributed by atoms with E-state index in [1.807, 2.05) is 54.7 Å². The average molecular weight is 295 g/mol. The van der Waals surface area contributed by atoms with Crippen molar-refractivity contribution in [3.63, 3.8) is 0 Å². The lowest BCUT2D eigenvalue weighted by molar-refractivity contribution is -0.126. The smallest absolute Gasteiger partial charge is 0.246 e. The number of benzene rings is 1. The summed E-state index contributed by atoms with van der Waals surface area (Å²) in [6.45, 7) is 0.931. The number of carbonyl (C=O) groups excluding carboxylic acids is 1. The number of amides is 1. The zero-order valence-corrected chi connectivity index (χ0v) is 12.1. The SMILES string of the molecule is O=C(COCc1ccccc1)NCc1cnn2ccccc12. The fraction of sp³-hybridized carbons (Fsp3) is 0.176. The predicted molar refractivity (Wildman–Crippen MR) is 83.1 cm³/mol. The van der Waals surface area contributed by atoms with E-state index in [-0.39, 0.29) is 12.5 Å². The number of hydrogen-bond acceptors (Lipinski definition) is 3. The van der Waals surface area contributed by atoms with Crippen LogP contribution in [0.15, 0.2) is 60.9 Å². The molecule has 0 fully saturated rings. The second-order valence-electron chi connectivity index (χ2n) is 4.96. The normalized spacial score (nSPS) is 10.7. The minimum Gasteiger partial charge on any atom is -0.367 e. The van der Waals surface area contributed by atoms with Gasteiger partial charge in [0.1, 0.15) is 6.61 Å². The molecule has 0 atom stereocenters. The molecule has 0 unspecified atom stereocenters. The molecule has 0 bridgehead atoms. The van der Waals surface area contributed by atoms with Crippen LogP contribution >= 0.6 is 0 Å². The predicted octanol–water partition coefficient (Wildman–Crippen LogP) is 2.17. The highest BCUT2D eigenvalue weighted by molar-refractivity contribution is 5.77. The van der Waals surface area contributed by atoms with Crippen LogP contribution in [0.1, 0.15) is 11.1 Å². The largest absolute Gasteiger partial charge is 0.367 e. The van der Waals surface area contributed by atoms with Crippen molar-refractivity contribution in [3.8, 4) is 0 Å². The summed E-state index contributed by atoms with van der Waals surface area (Å²) >= 11 is 0. The molecule has 5 nitrogen and oxygen atoms in total. The van der Waals surface area contributed by atoms with Gasteiger partial charge in [0.05, 0.1) is 18.3 Å². The Morgan fingerprint density at radius 3 is 2.82 bits per heavy atom. The Morgan fingerprint density at radius 2 is 1.95 bits per heavy atom. The first-order chi connectivity index (χ1) is 10.8. The van der Waals surface area contributed by atoms with Gasteiger partial charge >= 0.3 is 0 Å². The first-order valence-corrected chi connectivity index (χ1v) is 7.12. The summed E-state index contributed by atoms with van der Waals surface area (Å²) in [4.78, 5) is 11.8. The third kappa shape index (κ3) is 3.51. The molecular weight excluding hydrogens is 278 g/mol. The summed E-state index contributed by atoms with van der Waals surface area (Å²) < 4.78 is 7.19. The number of nitrogens with zero attached hydrogens (tertiary/aromatic N) is 2. The third-order valence-electron chi connectivity index (χ3n) is 3.33. The topological polar surface area (TPSA) is 55.6 Å². The lowest BCUT2D eigenvalue weighted by atomic mass is 10.2. The molecule has 0 radical (unpaired) electrons. The Bertz CT molecular complexity index is 753. The third-order valence-corrected chi connectivity index (χ3v) is 3.33. The summed E-state index contributed by atoms with van der Waals surface area (Å²) in [6.07, 6.45) is 3.64. The van der Waals surface area contributed by atoms with Crippen molar-refractivity contribution in [2.75, 3.05) is 6.61 Å². The Balaban J connectivity index is 1.46. The molecule has 1 N–H and O–H groups in total. The fourth-order valence-electron chi connectivity index (χ4n) is 2.20. The van der Waals surface area contributed by atoms with Gasteiger partial charge in [-0.1, -0.05) is 36.4 Å². The molecule has 0 aliphatic rings. The van der Waals surface area contributed by atoms with Crippen LogP contribution in [0.2, 0.25) is 0 Å². The van der Waals surface area contributed by atoms with E-state index >= 15 is 0 Å². The second-order valence-corrected chi connectivity index (χ2v) is 4.96. The quantitative estimate of drug-likeness (QED) is 0.758. The molecule has 2 heterocycles. The van der Waals surface area contributed by atoms with Crippen LogP contribution in [0.25, 0.3) is 5.52 Å². The van der Waals surface area contributed by atoms with Crippen LogP contribution < -0.4 is 5.32 Å². The Morgan fingerprint density at radius 1 is 1.14 bits per heavy atom. The molecular formula is C17H17N3O2. The van der Waals surface area contributed by atoms with Crippen molar-refractivity contribution < 1.29 is 9.53 Å². The van der Waals surface area contributed by atoms with Crippen LogP contribution in [0.5, 0.6) is 0 Å². The second kappa shape index (κ2) is 6.87. The van der Waals surface area contributed by atoms with Crippen molar-refractivity contribution >= 4 is 11.4 Å². The van der Waals surface area contributed by atoms with E-state index in [1.165, 1.54) is 0 Å². The van der Waals surface area contributed by atoms with Crippen LogP contribution in [0.4, 0.5) is 0 Å². The van der Waals surface area contributed by atoms with Crippen molar-refractivity contribution in [2.45, 2.75) is 13.2 Å². The van der Waals surface area contributed by atoms with Crippen molar-refractivity contribution in [3.05, 3.63) is 72.1 Å². The monoisotopic (exact) mass is 295 g/mol. The van der Waals surface area contributed by atoms with Crippen molar-refractivity contribution in [1.82, 2.24) is 14.9 Å². The van der Waals surface area contributed by atoms with Gasteiger partial charge in [-0.2, -0.15) is 5.10 Å². The molecule has 1 aromatic carbocycles. The number of fused-ring (bicyclic) bond motifs is 1. The average Bonchev–Trinajstić information content (AvgIpc) is 2.97. The van der Waals surface area contributed by atoms with Gasteiger partial charge in [-0.25, -0.2) is 4.52 Å². The molecule has 112 valence electrons. The van der Waals surface area contributed by atoms with Crippen LogP contribution in [0.3, 0.4) is 0 Å². The van der Waals surface area contributed by atoms with Gasteiger partial charge in [0, 0.05) is 18.3 Å². The summed E-state index contributed by atoms with van der Waals surface area (Å²) in [5.74, 6) is -0.133. The fourth-order valence-corrected chi connectivity index (χ4v) is 2.20. The van der Waals surface area contributed by atoms with Gasteiger partial charge in [-0.15, -0.1) is 0 Å². The minimum absolute atomic E-state index is 0.0497. The number of carbonyl (C=O) groups is 1. The van der Waals surface area contributed by atoms with E-state index in [0.717, 1.165) is 16.6 Å². The number of pyridine rings is 1. The molecule has 0 aliphatic carbocycles. The molecule has 3 aromatic rings. The number of nitrogens with one attached hydrogen (secondary N) is 1. The maximum Gasteiger partial charge on any atom is 0.246 e. The molecule has 22 heavy (non-hydrogen) atoms. The van der Waals surface area contributed by atoms with E-state index in [9.17, 15) is 4.79 Å². The molecule has 2 aromatic heterocycles. The van der Waals surface area contributed by atoms with Crippen molar-refractivity contribution in [1.29, 1.82) is 0 Å². The highest BCUT2D eigenvalue weighted by atomic mass is 16.5. The lowest BCUT2D eigenvalue weighted by Crippen LogP contribution is -2.27. The molecule has 0 aliphatic heterocycles. The maximum atomic E-state index is 11.8. The van der Waals surface area contributed by atoms with E-state index in [0.29, 0.717) is 13.2 Å². The van der Waals surface area contributed by atoms with Crippen molar-refractivity contribution in [2.24, 2.45) is 0 Å². The standard InChI is InChI=1S/C17H17N3O2/c21-17(13-22-12-14-6-2-1-3-7-14)18-10-15-11-19-20-9-5-4-8-16(15)20/h1-9,11H,10,12-13H2,(H,18,21). The van der Waals surface area contributed by atoms with Gasteiger partial charge in [-0.05, 0) is 17.7 Å². The van der Waals surface area contributed by atoms with Gasteiger partial charge in [0.2, 0.25) is 5.91 Å². The number of ether oxygens (including phenoxy) is 1. The first kappa shape index (κ1) is 14.3. The zero-order chi connectivity index (χ0) is 15.2. The summed E-state index contributed by atoms with van der Waals surface area (Å²) in [5.41, 5.74) is 3.03. The number of hydrogen-bond donors (Lipinski definition) is 1. The summed E-state index contributed by atoms with van der Waals surface area (Å²) in [7, 11) is 0. The van der Waals surface area contributed by atoms with E-state index in [2.05, 4.69) is 10.4 Å². The summed E-state index contributed by atoms with van der Waals surface area (Å²) in [5, 5.41) is 7.08. The van der Waals surface area contributed by atoms with E-state index in [1.54, 1.807) is 10.7 Å². The summed E-state index contributed by atoms with van der Waals surface area (Å²) in [6, 6.07) is 15.6. The highest BCUT2D eigenvalue weighted by Gasteiger charge is 2.06. The molecule has 0 saturated carbocycles. The lowest BCUT2D eigenvalue weighted by Gasteiger charge is -2.06. The molecule has 3 rings (SSSR count). The van der Waals surface area contributed by atoms with E-state index in [4.69, 9.17) is 4.74 Å². The number of rotatable bonds is 6. The van der Waals surface area contributed by atoms with Crippen LogP contribution in [0, 0.1) is 0 Å². The zero-order valence-electron chi connectivity index (χ0n) is 12.1. The highest BCUT2D eigenvalue weighted by Crippen LogP contribution is 2.09. The first-order valence-electron chi connectivity index (χ1n) is 7.12. The van der Waals surface area contributed by atoms with Crippen LogP contribution in [-0.4, -0.2) is 22.1 Å². The van der Waals surface area contributed by atoms with E-state index < -0.39 is 0 Å². The van der Waals surface area contributed by atoms with Gasteiger partial charge < -0.3 is 10.1 Å². The minimum atomic E-state index is -0.133. The molecule has 5 heteroatoms. The molecule has 1 amide bonds. The number of aromatic nitrogens is 2. The molecule has 0 saturated heterocycles. The van der Waals surface area contributed by atoms with Gasteiger partial charge in [0.15, 0.2) is 0 Å². The van der Waals surface area contributed by atoms with Gasteiger partial charge in [0.25, 0.3) is 0 Å².